The van der Waals surface area contributed by atoms with Gasteiger partial charge in [0.05, 0.1) is 16.4 Å². The van der Waals surface area contributed by atoms with Crippen molar-refractivity contribution in [3.63, 3.8) is 0 Å². The largest absolute Gasteiger partial charge is 0.380 e. The summed E-state index contributed by atoms with van der Waals surface area (Å²) in [6.07, 6.45) is 0.367. The van der Waals surface area contributed by atoms with Crippen LogP contribution < -0.4 is 10.6 Å². The Morgan fingerprint density at radius 3 is 2.76 bits per heavy atom. The predicted octanol–water partition coefficient (Wildman–Crippen LogP) is 3.26. The Bertz CT molecular complexity index is 462. The fraction of sp³-hybridized carbons (Fsp3) is 0.417. The van der Waals surface area contributed by atoms with Gasteiger partial charge in [-0.05, 0) is 12.0 Å². The van der Waals surface area contributed by atoms with E-state index in [1.807, 2.05) is 13.8 Å². The van der Waals surface area contributed by atoms with E-state index >= 15 is 0 Å². The normalized spacial score (nSPS) is 19.4. The van der Waals surface area contributed by atoms with Gasteiger partial charge in [-0.15, -0.1) is 0 Å². The third-order valence-electron chi connectivity index (χ3n) is 2.89. The van der Waals surface area contributed by atoms with Crippen LogP contribution in [0.25, 0.3) is 0 Å². The molecule has 0 radical (unpaired) electrons. The SMILES string of the molecule is CC(C)C1CC(=O)Nc2cc(Cl)c(F)cc2N1. The smallest absolute Gasteiger partial charge is 0.226 e. The molecule has 2 rings (SSSR count). The van der Waals surface area contributed by atoms with Crippen LogP contribution in [-0.2, 0) is 4.79 Å². The van der Waals surface area contributed by atoms with Crippen molar-refractivity contribution in [1.82, 2.24) is 0 Å². The monoisotopic (exact) mass is 256 g/mol. The van der Waals surface area contributed by atoms with Gasteiger partial charge in [0.1, 0.15) is 5.82 Å². The average molecular weight is 257 g/mol. The van der Waals surface area contributed by atoms with Crippen molar-refractivity contribution in [3.8, 4) is 0 Å². The number of amides is 1. The first-order valence-corrected chi connectivity index (χ1v) is 5.90. The topological polar surface area (TPSA) is 41.1 Å². The van der Waals surface area contributed by atoms with E-state index in [1.54, 1.807) is 0 Å². The molecular formula is C12H14ClFN2O. The maximum Gasteiger partial charge on any atom is 0.226 e. The van der Waals surface area contributed by atoms with E-state index in [4.69, 9.17) is 11.6 Å². The Balaban J connectivity index is 2.41. The van der Waals surface area contributed by atoms with Gasteiger partial charge in [-0.3, -0.25) is 4.79 Å². The Hall–Kier alpha value is -1.29. The molecule has 3 nitrogen and oxygen atoms in total. The zero-order valence-electron chi connectivity index (χ0n) is 9.68. The van der Waals surface area contributed by atoms with Crippen LogP contribution in [0.1, 0.15) is 20.3 Å². The van der Waals surface area contributed by atoms with Gasteiger partial charge in [-0.1, -0.05) is 25.4 Å². The van der Waals surface area contributed by atoms with E-state index in [9.17, 15) is 9.18 Å². The highest BCUT2D eigenvalue weighted by molar-refractivity contribution is 6.31. The molecule has 0 spiro atoms. The van der Waals surface area contributed by atoms with E-state index in [0.29, 0.717) is 17.8 Å². The maximum atomic E-state index is 13.4. The highest BCUT2D eigenvalue weighted by Crippen LogP contribution is 2.32. The van der Waals surface area contributed by atoms with Gasteiger partial charge in [0.2, 0.25) is 5.91 Å². The highest BCUT2D eigenvalue weighted by atomic mass is 35.5. The second-order valence-electron chi connectivity index (χ2n) is 4.56. The minimum atomic E-state index is -0.489. The summed E-state index contributed by atoms with van der Waals surface area (Å²) in [7, 11) is 0. The fourth-order valence-electron chi connectivity index (χ4n) is 1.82. The van der Waals surface area contributed by atoms with Gasteiger partial charge in [0, 0.05) is 18.5 Å². The third-order valence-corrected chi connectivity index (χ3v) is 3.18. The van der Waals surface area contributed by atoms with Gasteiger partial charge in [-0.2, -0.15) is 0 Å². The number of carbonyl (C=O) groups excluding carboxylic acids is 1. The summed E-state index contributed by atoms with van der Waals surface area (Å²) in [4.78, 5) is 11.7. The first kappa shape index (κ1) is 12.2. The van der Waals surface area contributed by atoms with Crippen LogP contribution in [0.4, 0.5) is 15.8 Å². The van der Waals surface area contributed by atoms with E-state index in [0.717, 1.165) is 0 Å². The van der Waals surface area contributed by atoms with Gasteiger partial charge in [0.25, 0.3) is 0 Å². The zero-order chi connectivity index (χ0) is 12.6. The minimum absolute atomic E-state index is 0.00294. The Labute approximate surface area is 104 Å². The van der Waals surface area contributed by atoms with Crippen molar-refractivity contribution < 1.29 is 9.18 Å². The van der Waals surface area contributed by atoms with Crippen LogP contribution in [0.5, 0.6) is 0 Å². The molecule has 1 atom stereocenters. The molecule has 0 fully saturated rings. The van der Waals surface area contributed by atoms with E-state index in [1.165, 1.54) is 12.1 Å². The first-order chi connectivity index (χ1) is 7.97. The number of nitrogens with one attached hydrogen (secondary N) is 2. The number of hydrogen-bond acceptors (Lipinski definition) is 2. The van der Waals surface area contributed by atoms with Crippen molar-refractivity contribution in [1.29, 1.82) is 0 Å². The van der Waals surface area contributed by atoms with Crippen LogP contribution in [0.2, 0.25) is 5.02 Å². The number of anilines is 2. The summed E-state index contributed by atoms with van der Waals surface area (Å²) in [5, 5.41) is 5.91. The molecule has 1 unspecified atom stereocenters. The lowest BCUT2D eigenvalue weighted by molar-refractivity contribution is -0.116. The molecule has 0 bridgehead atoms. The molecular weight excluding hydrogens is 243 g/mol. The number of fused-ring (bicyclic) bond motifs is 1. The second kappa shape index (κ2) is 4.53. The Morgan fingerprint density at radius 2 is 2.12 bits per heavy atom. The van der Waals surface area contributed by atoms with E-state index < -0.39 is 5.82 Å². The maximum absolute atomic E-state index is 13.4. The Morgan fingerprint density at radius 1 is 1.41 bits per heavy atom. The molecule has 2 N–H and O–H groups in total. The molecule has 1 amide bonds. The summed E-state index contributed by atoms with van der Waals surface area (Å²) in [6.45, 7) is 4.03. The standard InChI is InChI=1S/C12H14ClFN2O/c1-6(2)9-5-12(17)16-10-3-7(13)8(14)4-11(10)15-9/h3-4,6,9,15H,5H2,1-2H3,(H,16,17). The number of carbonyl (C=O) groups is 1. The molecule has 92 valence electrons. The molecule has 0 saturated carbocycles. The van der Waals surface area contributed by atoms with E-state index in [-0.39, 0.29) is 22.9 Å². The van der Waals surface area contributed by atoms with Crippen molar-refractivity contribution in [3.05, 3.63) is 23.0 Å². The molecule has 0 saturated heterocycles. The molecule has 17 heavy (non-hydrogen) atoms. The van der Waals surface area contributed by atoms with Crippen LogP contribution in [0.15, 0.2) is 12.1 Å². The van der Waals surface area contributed by atoms with Crippen LogP contribution in [0, 0.1) is 11.7 Å². The summed E-state index contributed by atoms with van der Waals surface area (Å²) < 4.78 is 13.4. The lowest BCUT2D eigenvalue weighted by atomic mass is 10.0. The zero-order valence-corrected chi connectivity index (χ0v) is 10.4. The summed E-state index contributed by atoms with van der Waals surface area (Å²) in [5.41, 5.74) is 1.11. The molecule has 1 aliphatic rings. The van der Waals surface area contributed by atoms with Crippen LogP contribution in [-0.4, -0.2) is 11.9 Å². The summed E-state index contributed by atoms with van der Waals surface area (Å²) in [5.74, 6) is -0.292. The first-order valence-electron chi connectivity index (χ1n) is 5.53. The van der Waals surface area contributed by atoms with Gasteiger partial charge in [-0.25, -0.2) is 4.39 Å². The number of benzene rings is 1. The molecule has 1 aromatic carbocycles. The average Bonchev–Trinajstić information content (AvgIpc) is 2.38. The number of halogens is 2. The Kier molecular flexibility index (Phi) is 3.24. The van der Waals surface area contributed by atoms with Crippen molar-refractivity contribution in [2.45, 2.75) is 26.3 Å². The van der Waals surface area contributed by atoms with Crippen molar-refractivity contribution in [2.24, 2.45) is 5.92 Å². The molecule has 1 aromatic rings. The number of hydrogen-bond donors (Lipinski definition) is 2. The predicted molar refractivity (Wildman–Crippen MR) is 66.9 cm³/mol. The van der Waals surface area contributed by atoms with Crippen molar-refractivity contribution in [2.75, 3.05) is 10.6 Å². The minimum Gasteiger partial charge on any atom is -0.380 e. The molecule has 0 aliphatic carbocycles. The molecule has 5 heteroatoms. The molecule has 1 aliphatic heterocycles. The quantitative estimate of drug-likeness (QED) is 0.810. The van der Waals surface area contributed by atoms with Gasteiger partial charge < -0.3 is 10.6 Å². The third kappa shape index (κ3) is 2.52. The van der Waals surface area contributed by atoms with Gasteiger partial charge >= 0.3 is 0 Å². The number of rotatable bonds is 1. The van der Waals surface area contributed by atoms with Gasteiger partial charge in [0.15, 0.2) is 0 Å². The van der Waals surface area contributed by atoms with Crippen LogP contribution in [0.3, 0.4) is 0 Å². The molecule has 1 heterocycles. The summed E-state index contributed by atoms with van der Waals surface area (Å²) >= 11 is 5.69. The second-order valence-corrected chi connectivity index (χ2v) is 4.97. The fourth-order valence-corrected chi connectivity index (χ4v) is 1.99. The lowest BCUT2D eigenvalue weighted by Gasteiger charge is -2.20. The highest BCUT2D eigenvalue weighted by Gasteiger charge is 2.23. The lowest BCUT2D eigenvalue weighted by Crippen LogP contribution is -2.27. The van der Waals surface area contributed by atoms with E-state index in [2.05, 4.69) is 10.6 Å². The van der Waals surface area contributed by atoms with Crippen molar-refractivity contribution >= 4 is 28.9 Å². The van der Waals surface area contributed by atoms with Crippen LogP contribution >= 0.6 is 11.6 Å². The summed E-state index contributed by atoms with van der Waals surface area (Å²) in [6, 6.07) is 2.75. The molecule has 0 aromatic heterocycles.